The van der Waals surface area contributed by atoms with Crippen LogP contribution in [0.2, 0.25) is 0 Å². The Morgan fingerprint density at radius 3 is 2.76 bits per heavy atom. The summed E-state index contributed by atoms with van der Waals surface area (Å²) in [6, 6.07) is 0. The smallest absolute Gasteiger partial charge is 0.341 e. The number of allylic oxidation sites excluding steroid dienone is 2. The highest BCUT2D eigenvalue weighted by atomic mass is 35.5. The van der Waals surface area contributed by atoms with Crippen LogP contribution in [-0.2, 0) is 32.1 Å². The van der Waals surface area contributed by atoms with E-state index in [-0.39, 0.29) is 19.4 Å². The standard InChI is InChI=1S/C20H24ClNO6S/c1-4-27-19(26)15-13-8-20(2,3)28-9-14(13)29-17(15)22-16(23)12-7-10(21)5-6-11(12)18(24)25/h5,11-12H,4,6-9H2,1-3H3,(H,22,23)(H,24,25)/t11-,12+/m1/s1. The SMILES string of the molecule is CCOC(=O)c1c(NC(=O)[C@H]2CC(Cl)=CC[C@H]2C(=O)O)sc2c1CC(C)(C)OC2. The normalized spacial score (nSPS) is 23.0. The van der Waals surface area contributed by atoms with Crippen molar-refractivity contribution < 1.29 is 29.0 Å². The highest BCUT2D eigenvalue weighted by Crippen LogP contribution is 2.42. The fourth-order valence-electron chi connectivity index (χ4n) is 3.67. The molecule has 29 heavy (non-hydrogen) atoms. The van der Waals surface area contributed by atoms with E-state index in [1.807, 2.05) is 13.8 Å². The van der Waals surface area contributed by atoms with Crippen molar-refractivity contribution in [3.63, 3.8) is 0 Å². The predicted molar refractivity (Wildman–Crippen MR) is 109 cm³/mol. The number of ether oxygens (including phenoxy) is 2. The molecule has 0 spiro atoms. The summed E-state index contributed by atoms with van der Waals surface area (Å²) in [5.74, 6) is -3.69. The number of thiophene rings is 1. The van der Waals surface area contributed by atoms with E-state index in [0.29, 0.717) is 28.6 Å². The van der Waals surface area contributed by atoms with Gasteiger partial charge in [-0.15, -0.1) is 11.3 Å². The Balaban J connectivity index is 1.93. The first kappa shape index (κ1) is 21.8. The van der Waals surface area contributed by atoms with Gasteiger partial charge in [0.25, 0.3) is 0 Å². The minimum Gasteiger partial charge on any atom is -0.481 e. The number of esters is 1. The Bertz CT molecular complexity index is 875. The van der Waals surface area contributed by atoms with E-state index >= 15 is 0 Å². The number of hydrogen-bond donors (Lipinski definition) is 2. The van der Waals surface area contributed by atoms with Crippen molar-refractivity contribution in [1.29, 1.82) is 0 Å². The molecule has 1 aliphatic carbocycles. The number of nitrogens with one attached hydrogen (secondary N) is 1. The Morgan fingerprint density at radius 2 is 2.10 bits per heavy atom. The number of carbonyl (C=O) groups is 3. The Labute approximate surface area is 178 Å². The van der Waals surface area contributed by atoms with Crippen LogP contribution in [0.4, 0.5) is 5.00 Å². The van der Waals surface area contributed by atoms with Gasteiger partial charge < -0.3 is 19.9 Å². The summed E-state index contributed by atoms with van der Waals surface area (Å²) in [4.78, 5) is 38.1. The first-order chi connectivity index (χ1) is 13.6. The lowest BCUT2D eigenvalue weighted by Crippen LogP contribution is -2.35. The molecule has 0 aromatic carbocycles. The van der Waals surface area contributed by atoms with E-state index < -0.39 is 35.3 Å². The zero-order valence-corrected chi connectivity index (χ0v) is 18.1. The lowest BCUT2D eigenvalue weighted by molar-refractivity contribution is -0.146. The van der Waals surface area contributed by atoms with Crippen LogP contribution in [0.25, 0.3) is 0 Å². The van der Waals surface area contributed by atoms with Crippen molar-refractivity contribution in [3.8, 4) is 0 Å². The molecule has 0 saturated heterocycles. The number of aliphatic carboxylic acids is 1. The van der Waals surface area contributed by atoms with Crippen LogP contribution in [0.15, 0.2) is 11.1 Å². The molecule has 2 aliphatic rings. The van der Waals surface area contributed by atoms with Crippen molar-refractivity contribution in [2.24, 2.45) is 11.8 Å². The van der Waals surface area contributed by atoms with Crippen LogP contribution in [0, 0.1) is 11.8 Å². The first-order valence-electron chi connectivity index (χ1n) is 9.46. The highest BCUT2D eigenvalue weighted by molar-refractivity contribution is 7.17. The lowest BCUT2D eigenvalue weighted by atomic mass is 9.82. The second-order valence-electron chi connectivity index (χ2n) is 7.78. The molecule has 0 unspecified atom stereocenters. The van der Waals surface area contributed by atoms with Gasteiger partial charge in [-0.25, -0.2) is 4.79 Å². The van der Waals surface area contributed by atoms with Crippen molar-refractivity contribution in [3.05, 3.63) is 27.1 Å². The Morgan fingerprint density at radius 1 is 1.38 bits per heavy atom. The largest absolute Gasteiger partial charge is 0.481 e. The third-order valence-electron chi connectivity index (χ3n) is 5.15. The molecule has 2 atom stereocenters. The maximum atomic E-state index is 13.0. The summed E-state index contributed by atoms with van der Waals surface area (Å²) in [5.41, 5.74) is 0.712. The van der Waals surface area contributed by atoms with Gasteiger partial charge in [0.1, 0.15) is 5.00 Å². The molecule has 0 fully saturated rings. The van der Waals surface area contributed by atoms with Crippen molar-refractivity contribution in [2.45, 2.75) is 52.2 Å². The molecule has 1 aromatic rings. The molecule has 1 aliphatic heterocycles. The number of hydrogen-bond acceptors (Lipinski definition) is 6. The molecule has 0 radical (unpaired) electrons. The predicted octanol–water partition coefficient (Wildman–Crippen LogP) is 3.95. The van der Waals surface area contributed by atoms with E-state index in [1.54, 1.807) is 13.0 Å². The fraction of sp³-hybridized carbons (Fsp3) is 0.550. The van der Waals surface area contributed by atoms with Gasteiger partial charge in [-0.1, -0.05) is 17.7 Å². The van der Waals surface area contributed by atoms with Crippen molar-refractivity contribution >= 4 is 45.8 Å². The number of carbonyl (C=O) groups excluding carboxylic acids is 2. The monoisotopic (exact) mass is 441 g/mol. The number of rotatable bonds is 5. The second-order valence-corrected chi connectivity index (χ2v) is 9.38. The van der Waals surface area contributed by atoms with Gasteiger partial charge in [0, 0.05) is 16.3 Å². The van der Waals surface area contributed by atoms with E-state index in [9.17, 15) is 19.5 Å². The van der Waals surface area contributed by atoms with E-state index in [1.165, 1.54) is 11.3 Å². The van der Waals surface area contributed by atoms with Gasteiger partial charge in [-0.2, -0.15) is 0 Å². The summed E-state index contributed by atoms with van der Waals surface area (Å²) >= 11 is 7.33. The van der Waals surface area contributed by atoms with E-state index in [0.717, 1.165) is 10.4 Å². The summed E-state index contributed by atoms with van der Waals surface area (Å²) in [6.07, 6.45) is 2.50. The van der Waals surface area contributed by atoms with Gasteiger partial charge in [0.2, 0.25) is 5.91 Å². The lowest BCUT2D eigenvalue weighted by Gasteiger charge is -2.30. The first-order valence-corrected chi connectivity index (χ1v) is 10.7. The van der Waals surface area contributed by atoms with Gasteiger partial charge in [0.15, 0.2) is 0 Å². The van der Waals surface area contributed by atoms with E-state index in [4.69, 9.17) is 21.1 Å². The minimum atomic E-state index is -1.04. The quantitative estimate of drug-likeness (QED) is 0.671. The summed E-state index contributed by atoms with van der Waals surface area (Å²) in [7, 11) is 0. The average molecular weight is 442 g/mol. The van der Waals surface area contributed by atoms with Crippen molar-refractivity contribution in [1.82, 2.24) is 0 Å². The number of anilines is 1. The summed E-state index contributed by atoms with van der Waals surface area (Å²) < 4.78 is 11.0. The summed E-state index contributed by atoms with van der Waals surface area (Å²) in [6.45, 7) is 6.14. The number of halogens is 1. The molecular weight excluding hydrogens is 418 g/mol. The maximum absolute atomic E-state index is 13.0. The van der Waals surface area contributed by atoms with Gasteiger partial charge in [0.05, 0.1) is 36.2 Å². The summed E-state index contributed by atoms with van der Waals surface area (Å²) in [5, 5.41) is 13.1. The maximum Gasteiger partial charge on any atom is 0.341 e. The van der Waals surface area contributed by atoms with E-state index in [2.05, 4.69) is 5.32 Å². The second kappa shape index (κ2) is 8.45. The number of carboxylic acids is 1. The number of fused-ring (bicyclic) bond motifs is 1. The molecule has 3 rings (SSSR count). The molecular formula is C20H24ClNO6S. The zero-order chi connectivity index (χ0) is 21.3. The number of carboxylic acid groups (broad SMARTS) is 1. The van der Waals surface area contributed by atoms with Crippen LogP contribution in [-0.4, -0.2) is 35.2 Å². The fourth-order valence-corrected chi connectivity index (χ4v) is 5.05. The highest BCUT2D eigenvalue weighted by Gasteiger charge is 2.38. The molecule has 1 aromatic heterocycles. The molecule has 9 heteroatoms. The molecule has 2 N–H and O–H groups in total. The molecule has 158 valence electrons. The molecule has 0 saturated carbocycles. The van der Waals surface area contributed by atoms with Gasteiger partial charge in [-0.05, 0) is 39.2 Å². The van der Waals surface area contributed by atoms with Crippen LogP contribution in [0.3, 0.4) is 0 Å². The number of amides is 1. The van der Waals surface area contributed by atoms with Crippen molar-refractivity contribution in [2.75, 3.05) is 11.9 Å². The third-order valence-corrected chi connectivity index (χ3v) is 6.58. The van der Waals surface area contributed by atoms with Crippen LogP contribution in [0.1, 0.15) is 54.4 Å². The Hall–Kier alpha value is -1.90. The minimum absolute atomic E-state index is 0.153. The molecule has 0 bridgehead atoms. The third kappa shape index (κ3) is 4.65. The molecule has 2 heterocycles. The molecule has 1 amide bonds. The van der Waals surface area contributed by atoms with Gasteiger partial charge >= 0.3 is 11.9 Å². The van der Waals surface area contributed by atoms with Crippen LogP contribution >= 0.6 is 22.9 Å². The van der Waals surface area contributed by atoms with Crippen LogP contribution in [0.5, 0.6) is 0 Å². The zero-order valence-electron chi connectivity index (χ0n) is 16.5. The van der Waals surface area contributed by atoms with Gasteiger partial charge in [-0.3, -0.25) is 9.59 Å². The molecule has 7 nitrogen and oxygen atoms in total. The average Bonchev–Trinajstić information content (AvgIpc) is 2.97. The Kier molecular flexibility index (Phi) is 6.36. The topological polar surface area (TPSA) is 102 Å². The van der Waals surface area contributed by atoms with Crippen LogP contribution < -0.4 is 5.32 Å².